The number of halogens is 1. The number of hydrogen-bond acceptors (Lipinski definition) is 3. The highest BCUT2D eigenvalue weighted by Gasteiger charge is 2.31. The molecule has 0 spiro atoms. The molecular formula is C14H18ClNO2. The molecule has 0 saturated carbocycles. The van der Waals surface area contributed by atoms with Crippen LogP contribution in [0.25, 0.3) is 0 Å². The smallest absolute Gasteiger partial charge is 0.151 e. The van der Waals surface area contributed by atoms with E-state index in [0.717, 1.165) is 25.1 Å². The van der Waals surface area contributed by atoms with Crippen LogP contribution in [0.1, 0.15) is 31.1 Å². The van der Waals surface area contributed by atoms with E-state index in [9.17, 15) is 4.79 Å². The summed E-state index contributed by atoms with van der Waals surface area (Å²) in [7, 11) is 0. The first-order valence-corrected chi connectivity index (χ1v) is 6.46. The zero-order valence-corrected chi connectivity index (χ0v) is 11.7. The molecule has 3 nitrogen and oxygen atoms in total. The first-order chi connectivity index (χ1) is 8.41. The van der Waals surface area contributed by atoms with Crippen LogP contribution in [0.4, 0.5) is 5.69 Å². The van der Waals surface area contributed by atoms with E-state index < -0.39 is 0 Å². The molecular weight excluding hydrogens is 250 g/mol. The molecule has 0 aromatic heterocycles. The van der Waals surface area contributed by atoms with Crippen LogP contribution in [0.2, 0.25) is 5.02 Å². The quantitative estimate of drug-likeness (QED) is 0.771. The Morgan fingerprint density at radius 2 is 2.22 bits per heavy atom. The summed E-state index contributed by atoms with van der Waals surface area (Å²) in [5.41, 5.74) is 1.39. The number of aldehydes is 1. The van der Waals surface area contributed by atoms with Crippen LogP contribution < -0.4 is 4.90 Å². The highest BCUT2D eigenvalue weighted by Crippen LogP contribution is 2.28. The summed E-state index contributed by atoms with van der Waals surface area (Å²) in [5, 5.41) is 0.499. The second kappa shape index (κ2) is 4.90. The topological polar surface area (TPSA) is 29.5 Å². The molecule has 1 aromatic rings. The van der Waals surface area contributed by atoms with E-state index in [4.69, 9.17) is 16.3 Å². The van der Waals surface area contributed by atoms with Gasteiger partial charge in [-0.05, 0) is 39.0 Å². The largest absolute Gasteiger partial charge is 0.369 e. The van der Waals surface area contributed by atoms with Gasteiger partial charge in [-0.3, -0.25) is 4.79 Å². The van der Waals surface area contributed by atoms with Gasteiger partial charge in [0.05, 0.1) is 16.7 Å². The number of benzene rings is 1. The van der Waals surface area contributed by atoms with E-state index >= 15 is 0 Å². The lowest BCUT2D eigenvalue weighted by Gasteiger charge is -2.43. The van der Waals surface area contributed by atoms with Gasteiger partial charge in [0.2, 0.25) is 0 Å². The van der Waals surface area contributed by atoms with Gasteiger partial charge in [-0.1, -0.05) is 11.6 Å². The Hall–Kier alpha value is -1.06. The first-order valence-electron chi connectivity index (χ1n) is 6.09. The maximum atomic E-state index is 10.8. The highest BCUT2D eigenvalue weighted by atomic mass is 35.5. The number of nitrogens with zero attached hydrogens (tertiary/aromatic N) is 1. The molecule has 98 valence electrons. The number of anilines is 1. The first kappa shape index (κ1) is 13.4. The van der Waals surface area contributed by atoms with Crippen molar-refractivity contribution in [3.05, 3.63) is 28.8 Å². The summed E-state index contributed by atoms with van der Waals surface area (Å²) in [5.74, 6) is 0. The Morgan fingerprint density at radius 3 is 2.78 bits per heavy atom. The maximum absolute atomic E-state index is 10.8. The Kier molecular flexibility index (Phi) is 3.64. The zero-order chi connectivity index (χ0) is 13.3. The molecule has 18 heavy (non-hydrogen) atoms. The third-order valence-electron chi connectivity index (χ3n) is 3.05. The zero-order valence-electron chi connectivity index (χ0n) is 10.9. The fourth-order valence-corrected chi connectivity index (χ4v) is 2.68. The molecule has 1 aliphatic rings. The van der Waals surface area contributed by atoms with E-state index in [1.54, 1.807) is 6.07 Å². The molecule has 1 aromatic carbocycles. The van der Waals surface area contributed by atoms with Gasteiger partial charge >= 0.3 is 0 Å². The molecule has 1 aliphatic heterocycles. The van der Waals surface area contributed by atoms with Crippen molar-refractivity contribution in [1.29, 1.82) is 0 Å². The van der Waals surface area contributed by atoms with Crippen molar-refractivity contribution in [2.45, 2.75) is 32.5 Å². The highest BCUT2D eigenvalue weighted by molar-refractivity contribution is 6.33. The van der Waals surface area contributed by atoms with E-state index in [2.05, 4.69) is 25.7 Å². The third-order valence-corrected chi connectivity index (χ3v) is 3.37. The Labute approximate surface area is 113 Å². The van der Waals surface area contributed by atoms with Gasteiger partial charge in [-0.2, -0.15) is 0 Å². The average molecular weight is 268 g/mol. The standard InChI is InChI=1S/C14H18ClNO2/c1-10-7-16(9-14(2,3)18-10)12-5-4-11(8-17)13(15)6-12/h4-6,8,10H,7,9H2,1-3H3. The van der Waals surface area contributed by atoms with Crippen LogP contribution in [-0.2, 0) is 4.74 Å². The SMILES string of the molecule is CC1CN(c2ccc(C=O)c(Cl)c2)CC(C)(C)O1. The van der Waals surface area contributed by atoms with Crippen LogP contribution in [-0.4, -0.2) is 31.1 Å². The van der Waals surface area contributed by atoms with Gasteiger partial charge < -0.3 is 9.64 Å². The van der Waals surface area contributed by atoms with Gasteiger partial charge in [-0.15, -0.1) is 0 Å². The number of hydrogen-bond donors (Lipinski definition) is 0. The van der Waals surface area contributed by atoms with Crippen molar-refractivity contribution in [3.8, 4) is 0 Å². The fraction of sp³-hybridized carbons (Fsp3) is 0.500. The lowest BCUT2D eigenvalue weighted by Crippen LogP contribution is -2.52. The normalized spacial score (nSPS) is 22.9. The van der Waals surface area contributed by atoms with E-state index in [0.29, 0.717) is 10.6 Å². The average Bonchev–Trinajstić information content (AvgIpc) is 2.26. The van der Waals surface area contributed by atoms with Gasteiger partial charge in [0.15, 0.2) is 6.29 Å². The minimum Gasteiger partial charge on any atom is -0.369 e. The molecule has 1 saturated heterocycles. The Morgan fingerprint density at radius 1 is 1.50 bits per heavy atom. The summed E-state index contributed by atoms with van der Waals surface area (Å²) in [6, 6.07) is 5.54. The lowest BCUT2D eigenvalue weighted by atomic mass is 10.0. The number of carbonyl (C=O) groups excluding carboxylic acids is 1. The molecule has 1 unspecified atom stereocenters. The van der Waals surface area contributed by atoms with Crippen LogP contribution >= 0.6 is 11.6 Å². The lowest BCUT2D eigenvalue weighted by molar-refractivity contribution is -0.0749. The monoisotopic (exact) mass is 267 g/mol. The minimum absolute atomic E-state index is 0.173. The fourth-order valence-electron chi connectivity index (χ4n) is 2.46. The molecule has 0 amide bonds. The summed E-state index contributed by atoms with van der Waals surface area (Å²) < 4.78 is 5.87. The molecule has 0 N–H and O–H groups in total. The molecule has 1 atom stereocenters. The molecule has 1 fully saturated rings. The third kappa shape index (κ3) is 2.85. The number of rotatable bonds is 2. The van der Waals surface area contributed by atoms with Crippen molar-refractivity contribution in [3.63, 3.8) is 0 Å². The summed E-state index contributed by atoms with van der Waals surface area (Å²) >= 11 is 6.07. The van der Waals surface area contributed by atoms with Crippen molar-refractivity contribution in [2.24, 2.45) is 0 Å². The van der Waals surface area contributed by atoms with Gasteiger partial charge in [-0.25, -0.2) is 0 Å². The predicted octanol–water partition coefficient (Wildman–Crippen LogP) is 3.16. The van der Waals surface area contributed by atoms with Crippen molar-refractivity contribution in [1.82, 2.24) is 0 Å². The summed E-state index contributed by atoms with van der Waals surface area (Å²) in [6.07, 6.45) is 0.955. The Bertz CT molecular complexity index is 459. The van der Waals surface area contributed by atoms with Crippen molar-refractivity contribution >= 4 is 23.6 Å². The van der Waals surface area contributed by atoms with Crippen molar-refractivity contribution < 1.29 is 9.53 Å². The second-order valence-electron chi connectivity index (χ2n) is 5.39. The van der Waals surface area contributed by atoms with E-state index in [1.807, 2.05) is 12.1 Å². The molecule has 1 heterocycles. The van der Waals surface area contributed by atoms with Crippen LogP contribution in [0.15, 0.2) is 18.2 Å². The van der Waals surface area contributed by atoms with Crippen LogP contribution in [0.5, 0.6) is 0 Å². The van der Waals surface area contributed by atoms with Gasteiger partial charge in [0.25, 0.3) is 0 Å². The summed E-state index contributed by atoms with van der Waals surface area (Å²) in [4.78, 5) is 13.0. The Balaban J connectivity index is 2.25. The van der Waals surface area contributed by atoms with Gasteiger partial charge in [0.1, 0.15) is 0 Å². The molecule has 0 aliphatic carbocycles. The van der Waals surface area contributed by atoms with Gasteiger partial charge in [0, 0.05) is 24.3 Å². The second-order valence-corrected chi connectivity index (χ2v) is 5.80. The van der Waals surface area contributed by atoms with Crippen LogP contribution in [0.3, 0.4) is 0 Å². The number of ether oxygens (including phenoxy) is 1. The number of carbonyl (C=O) groups is 1. The van der Waals surface area contributed by atoms with Crippen molar-refractivity contribution in [2.75, 3.05) is 18.0 Å². The maximum Gasteiger partial charge on any atom is 0.151 e. The molecule has 2 rings (SSSR count). The summed E-state index contributed by atoms with van der Waals surface area (Å²) in [6.45, 7) is 7.87. The number of morpholine rings is 1. The van der Waals surface area contributed by atoms with Crippen LogP contribution in [0, 0.1) is 0 Å². The van der Waals surface area contributed by atoms with E-state index in [1.165, 1.54) is 0 Å². The molecule has 0 radical (unpaired) electrons. The molecule has 4 heteroatoms. The molecule has 0 bridgehead atoms. The predicted molar refractivity (Wildman–Crippen MR) is 73.7 cm³/mol. The van der Waals surface area contributed by atoms with E-state index in [-0.39, 0.29) is 11.7 Å². The minimum atomic E-state index is -0.173.